The molecule has 0 radical (unpaired) electrons. The van der Waals surface area contributed by atoms with Crippen molar-refractivity contribution in [2.45, 2.75) is 57.7 Å². The van der Waals surface area contributed by atoms with Crippen LogP contribution in [0.25, 0.3) is 11.1 Å². The molecule has 4 rings (SSSR count). The number of rotatable bonds is 5. The van der Waals surface area contributed by atoms with Gasteiger partial charge < -0.3 is 15.4 Å². The summed E-state index contributed by atoms with van der Waals surface area (Å²) in [6.45, 7) is 8.61. The second-order valence-corrected chi connectivity index (χ2v) is 10.6. The lowest BCUT2D eigenvalue weighted by Gasteiger charge is -2.46. The first kappa shape index (κ1) is 24.7. The predicted octanol–water partition coefficient (Wildman–Crippen LogP) is 5.61. The van der Waals surface area contributed by atoms with Crippen molar-refractivity contribution in [3.8, 4) is 35.0 Å². The van der Waals surface area contributed by atoms with Crippen molar-refractivity contribution in [1.82, 2.24) is 20.8 Å². The minimum Gasteiger partial charge on any atom is -0.454 e. The van der Waals surface area contributed by atoms with Crippen molar-refractivity contribution >= 4 is 17.5 Å². The van der Waals surface area contributed by atoms with Crippen LogP contribution in [0, 0.1) is 12.3 Å². The molecule has 180 valence electrons. The van der Waals surface area contributed by atoms with Crippen LogP contribution in [0.15, 0.2) is 54.9 Å². The van der Waals surface area contributed by atoms with Crippen LogP contribution >= 0.6 is 11.6 Å². The number of carbonyl (C=O) groups excluding carboxylic acids is 1. The topological polar surface area (TPSA) is 76.1 Å². The van der Waals surface area contributed by atoms with Gasteiger partial charge in [-0.15, -0.1) is 6.42 Å². The van der Waals surface area contributed by atoms with Crippen molar-refractivity contribution in [2.24, 2.45) is 0 Å². The van der Waals surface area contributed by atoms with Gasteiger partial charge in [0.2, 0.25) is 0 Å². The van der Waals surface area contributed by atoms with Gasteiger partial charge in [-0.1, -0.05) is 29.7 Å². The van der Waals surface area contributed by atoms with Gasteiger partial charge in [0.25, 0.3) is 5.91 Å². The third-order valence-corrected chi connectivity index (χ3v) is 6.30. The van der Waals surface area contributed by atoms with E-state index in [2.05, 4.69) is 54.4 Å². The molecule has 0 saturated carbocycles. The molecule has 1 aliphatic rings. The van der Waals surface area contributed by atoms with Crippen molar-refractivity contribution in [2.75, 3.05) is 0 Å². The zero-order valence-electron chi connectivity index (χ0n) is 20.4. The lowest BCUT2D eigenvalue weighted by atomic mass is 9.79. The van der Waals surface area contributed by atoms with Gasteiger partial charge in [0.1, 0.15) is 11.5 Å². The molecule has 0 bridgehead atoms. The van der Waals surface area contributed by atoms with E-state index < -0.39 is 0 Å². The van der Waals surface area contributed by atoms with E-state index in [9.17, 15) is 4.79 Å². The van der Waals surface area contributed by atoms with Crippen molar-refractivity contribution in [1.29, 1.82) is 0 Å². The Balaban J connectivity index is 1.53. The Kier molecular flexibility index (Phi) is 6.84. The van der Waals surface area contributed by atoms with Crippen molar-refractivity contribution < 1.29 is 9.53 Å². The summed E-state index contributed by atoms with van der Waals surface area (Å²) >= 11 is 6.52. The Labute approximate surface area is 211 Å². The predicted molar refractivity (Wildman–Crippen MR) is 139 cm³/mol. The molecular weight excluding hydrogens is 460 g/mol. The van der Waals surface area contributed by atoms with Crippen LogP contribution in [0.4, 0.5) is 0 Å². The molecule has 3 aromatic rings. The zero-order valence-corrected chi connectivity index (χ0v) is 21.1. The number of terminal acetylenes is 1. The van der Waals surface area contributed by atoms with Gasteiger partial charge in [-0.25, -0.2) is 0 Å². The molecule has 1 aliphatic heterocycles. The minimum absolute atomic E-state index is 0.0621. The highest BCUT2D eigenvalue weighted by Crippen LogP contribution is 2.36. The smallest absolute Gasteiger partial charge is 0.251 e. The summed E-state index contributed by atoms with van der Waals surface area (Å²) < 4.78 is 6.08. The summed E-state index contributed by atoms with van der Waals surface area (Å²) in [5.41, 5.74) is 2.57. The van der Waals surface area contributed by atoms with Crippen molar-refractivity contribution in [3.63, 3.8) is 0 Å². The van der Waals surface area contributed by atoms with E-state index in [4.69, 9.17) is 22.8 Å². The summed E-state index contributed by atoms with van der Waals surface area (Å²) in [4.78, 5) is 13.0. The fourth-order valence-electron chi connectivity index (χ4n) is 4.99. The largest absolute Gasteiger partial charge is 0.454 e. The molecule has 1 amide bonds. The lowest BCUT2D eigenvalue weighted by Crippen LogP contribution is -2.62. The number of aromatic nitrogens is 2. The lowest BCUT2D eigenvalue weighted by molar-refractivity contribution is 0.0873. The summed E-state index contributed by atoms with van der Waals surface area (Å²) in [6, 6.07) is 12.4. The summed E-state index contributed by atoms with van der Waals surface area (Å²) in [5.74, 6) is 3.44. The molecule has 1 aromatic heterocycles. The van der Waals surface area contributed by atoms with E-state index in [1.807, 2.05) is 18.2 Å². The highest BCUT2D eigenvalue weighted by atomic mass is 35.5. The maximum atomic E-state index is 13.0. The third kappa shape index (κ3) is 5.82. The molecule has 7 heteroatoms. The standard InChI is InChI=1S/C28H29ClN4O2/c1-6-21-22(19-12-13-30-31-17-19)8-7-9-24(21)35-25-11-10-18(14-23(25)29)26(34)32-20-15-27(2,3)33-28(4,5)16-20/h1,7-14,17,20,33H,15-16H2,2-5H3,(H,32,34). The van der Waals surface area contributed by atoms with Crippen LogP contribution in [-0.2, 0) is 0 Å². The van der Waals surface area contributed by atoms with Gasteiger partial charge in [-0.2, -0.15) is 10.2 Å². The van der Waals surface area contributed by atoms with Crippen LogP contribution in [0.1, 0.15) is 56.5 Å². The highest BCUT2D eigenvalue weighted by molar-refractivity contribution is 6.32. The van der Waals surface area contributed by atoms with E-state index in [-0.39, 0.29) is 23.0 Å². The number of amides is 1. The average molecular weight is 489 g/mol. The van der Waals surface area contributed by atoms with Crippen LogP contribution in [0.5, 0.6) is 11.5 Å². The number of benzene rings is 2. The molecule has 35 heavy (non-hydrogen) atoms. The number of carbonyl (C=O) groups is 1. The van der Waals surface area contributed by atoms with E-state index in [0.29, 0.717) is 27.6 Å². The molecule has 1 fully saturated rings. The summed E-state index contributed by atoms with van der Waals surface area (Å²) in [5, 5.41) is 14.9. The van der Waals surface area contributed by atoms with Gasteiger partial charge in [-0.05, 0) is 70.9 Å². The molecule has 0 unspecified atom stereocenters. The number of nitrogens with zero attached hydrogens (tertiary/aromatic N) is 2. The monoisotopic (exact) mass is 488 g/mol. The minimum atomic E-state index is -0.159. The number of piperidine rings is 1. The first-order valence-electron chi connectivity index (χ1n) is 11.5. The molecule has 2 aromatic carbocycles. The maximum Gasteiger partial charge on any atom is 0.251 e. The van der Waals surface area contributed by atoms with E-state index in [1.54, 1.807) is 36.7 Å². The Morgan fingerprint density at radius 1 is 1.11 bits per heavy atom. The van der Waals surface area contributed by atoms with Crippen LogP contribution < -0.4 is 15.4 Å². The Morgan fingerprint density at radius 2 is 1.86 bits per heavy atom. The number of hydrogen-bond donors (Lipinski definition) is 2. The van der Waals surface area contributed by atoms with Gasteiger partial charge in [-0.3, -0.25) is 4.79 Å². The van der Waals surface area contributed by atoms with Gasteiger partial charge in [0.15, 0.2) is 0 Å². The molecule has 0 spiro atoms. The first-order chi connectivity index (χ1) is 16.6. The molecule has 6 nitrogen and oxygen atoms in total. The molecule has 2 N–H and O–H groups in total. The second kappa shape index (κ2) is 9.69. The third-order valence-electron chi connectivity index (χ3n) is 6.01. The quantitative estimate of drug-likeness (QED) is 0.456. The molecule has 0 aliphatic carbocycles. The molecular formula is C28H29ClN4O2. The second-order valence-electron chi connectivity index (χ2n) is 10.2. The van der Waals surface area contributed by atoms with E-state index >= 15 is 0 Å². The highest BCUT2D eigenvalue weighted by Gasteiger charge is 2.38. The van der Waals surface area contributed by atoms with Gasteiger partial charge >= 0.3 is 0 Å². The first-order valence-corrected chi connectivity index (χ1v) is 11.9. The number of nitrogens with one attached hydrogen (secondary N) is 2. The summed E-state index contributed by atoms with van der Waals surface area (Å²) in [6.07, 6.45) is 10.8. The van der Waals surface area contributed by atoms with E-state index in [0.717, 1.165) is 24.0 Å². The van der Waals surface area contributed by atoms with Crippen LogP contribution in [-0.4, -0.2) is 33.2 Å². The molecule has 1 saturated heterocycles. The SMILES string of the molecule is C#Cc1c(Oc2ccc(C(=O)NC3CC(C)(C)NC(C)(C)C3)cc2Cl)cccc1-c1ccnnc1. The maximum absolute atomic E-state index is 13.0. The fourth-order valence-corrected chi connectivity index (χ4v) is 5.21. The fraction of sp³-hybridized carbons (Fsp3) is 0.321. The Morgan fingerprint density at radius 3 is 2.49 bits per heavy atom. The Hall–Kier alpha value is -3.40. The van der Waals surface area contributed by atoms with Crippen molar-refractivity contribution in [3.05, 3.63) is 71.0 Å². The molecule has 2 heterocycles. The number of hydrogen-bond acceptors (Lipinski definition) is 5. The van der Waals surface area contributed by atoms with Crippen LogP contribution in [0.3, 0.4) is 0 Å². The number of ether oxygens (including phenoxy) is 1. The van der Waals surface area contributed by atoms with E-state index in [1.165, 1.54) is 0 Å². The molecule has 0 atom stereocenters. The van der Waals surface area contributed by atoms with Crippen LogP contribution in [0.2, 0.25) is 5.02 Å². The number of halogens is 1. The van der Waals surface area contributed by atoms with Gasteiger partial charge in [0.05, 0.1) is 23.0 Å². The average Bonchev–Trinajstić information content (AvgIpc) is 2.78. The summed E-state index contributed by atoms with van der Waals surface area (Å²) in [7, 11) is 0. The van der Waals surface area contributed by atoms with Gasteiger partial charge in [0, 0.05) is 33.8 Å². The zero-order chi connectivity index (χ0) is 25.2. The normalized spacial score (nSPS) is 16.8. The Bertz CT molecular complexity index is 1270.